The van der Waals surface area contributed by atoms with E-state index in [1.54, 1.807) is 0 Å². The number of anilines is 1. The van der Waals surface area contributed by atoms with Crippen LogP contribution in [0.1, 0.15) is 42.3 Å². The summed E-state index contributed by atoms with van der Waals surface area (Å²) in [6.07, 6.45) is 1.38. The van der Waals surface area contributed by atoms with Crippen LogP contribution < -0.4 is 20.5 Å². The van der Waals surface area contributed by atoms with E-state index in [4.69, 9.17) is 15.2 Å². The van der Waals surface area contributed by atoms with Gasteiger partial charge in [-0.15, -0.1) is 11.3 Å². The molecule has 2 amide bonds. The highest BCUT2D eigenvalue weighted by Crippen LogP contribution is 2.50. The highest BCUT2D eigenvalue weighted by Gasteiger charge is 2.31. The summed E-state index contributed by atoms with van der Waals surface area (Å²) in [5, 5.41) is 3.23. The molecule has 0 radical (unpaired) electrons. The third kappa shape index (κ3) is 3.14. The van der Waals surface area contributed by atoms with Gasteiger partial charge in [-0.1, -0.05) is 0 Å². The van der Waals surface area contributed by atoms with Crippen LogP contribution in [0.25, 0.3) is 10.4 Å². The van der Waals surface area contributed by atoms with Gasteiger partial charge in [0.05, 0.1) is 18.8 Å². The van der Waals surface area contributed by atoms with Crippen molar-refractivity contribution in [2.45, 2.75) is 33.6 Å². The van der Waals surface area contributed by atoms with E-state index >= 15 is 0 Å². The lowest BCUT2D eigenvalue weighted by Gasteiger charge is -2.23. The molecular weight excluding hydrogens is 352 g/mol. The van der Waals surface area contributed by atoms with E-state index < -0.39 is 5.91 Å². The first-order valence-corrected chi connectivity index (χ1v) is 9.44. The second-order valence-electron chi connectivity index (χ2n) is 5.94. The zero-order valence-electron chi connectivity index (χ0n) is 15.1. The lowest BCUT2D eigenvalue weighted by molar-refractivity contribution is -0.114. The number of primary amides is 1. The van der Waals surface area contributed by atoms with E-state index in [9.17, 15) is 9.59 Å². The predicted molar refractivity (Wildman–Crippen MR) is 102 cm³/mol. The molecule has 1 aromatic heterocycles. The summed E-state index contributed by atoms with van der Waals surface area (Å²) in [4.78, 5) is 24.5. The number of benzene rings is 1. The Morgan fingerprint density at radius 3 is 2.35 bits per heavy atom. The second-order valence-corrected chi connectivity index (χ2v) is 6.96. The summed E-state index contributed by atoms with van der Waals surface area (Å²) in [5.41, 5.74) is 8.88. The van der Waals surface area contributed by atoms with Crippen molar-refractivity contribution in [1.82, 2.24) is 0 Å². The monoisotopic (exact) mass is 374 g/mol. The minimum Gasteiger partial charge on any atom is -0.494 e. The minimum absolute atomic E-state index is 0.237. The van der Waals surface area contributed by atoms with Crippen LogP contribution in [-0.2, 0) is 17.6 Å². The number of carbonyl (C=O) groups is 2. The minimum atomic E-state index is -0.534. The molecule has 0 unspecified atom stereocenters. The molecule has 1 heterocycles. The van der Waals surface area contributed by atoms with E-state index in [0.717, 1.165) is 39.5 Å². The third-order valence-corrected chi connectivity index (χ3v) is 5.39. The fourth-order valence-corrected chi connectivity index (χ4v) is 4.71. The average molecular weight is 374 g/mol. The van der Waals surface area contributed by atoms with Crippen molar-refractivity contribution in [2.24, 2.45) is 5.73 Å². The van der Waals surface area contributed by atoms with Crippen molar-refractivity contribution in [2.75, 3.05) is 18.5 Å². The van der Waals surface area contributed by atoms with E-state index in [1.807, 2.05) is 26.0 Å². The van der Waals surface area contributed by atoms with Crippen LogP contribution >= 0.6 is 11.3 Å². The molecule has 3 N–H and O–H groups in total. The Kier molecular flexibility index (Phi) is 5.18. The van der Waals surface area contributed by atoms with E-state index in [-0.39, 0.29) is 5.91 Å². The van der Waals surface area contributed by atoms with E-state index in [2.05, 4.69) is 5.32 Å². The molecular formula is C19H22N2O4S. The van der Waals surface area contributed by atoms with Gasteiger partial charge < -0.3 is 20.5 Å². The molecule has 1 aliphatic carbocycles. The summed E-state index contributed by atoms with van der Waals surface area (Å²) in [6, 6.07) is 3.82. The summed E-state index contributed by atoms with van der Waals surface area (Å²) >= 11 is 1.36. The Morgan fingerprint density at radius 2 is 1.73 bits per heavy atom. The first kappa shape index (κ1) is 18.3. The van der Waals surface area contributed by atoms with Gasteiger partial charge in [-0.05, 0) is 44.4 Å². The van der Waals surface area contributed by atoms with Gasteiger partial charge in [-0.25, -0.2) is 0 Å². The molecule has 0 saturated heterocycles. The molecule has 7 heteroatoms. The van der Waals surface area contributed by atoms with Gasteiger partial charge in [0.2, 0.25) is 5.91 Å². The number of nitrogens with one attached hydrogen (secondary N) is 1. The molecule has 6 nitrogen and oxygen atoms in total. The van der Waals surface area contributed by atoms with Gasteiger partial charge in [0, 0.05) is 22.9 Å². The summed E-state index contributed by atoms with van der Waals surface area (Å²) < 4.78 is 11.6. The maximum absolute atomic E-state index is 12.1. The summed E-state index contributed by atoms with van der Waals surface area (Å²) in [7, 11) is 0. The molecule has 0 saturated carbocycles. The van der Waals surface area contributed by atoms with Crippen molar-refractivity contribution >= 4 is 28.2 Å². The van der Waals surface area contributed by atoms with Crippen molar-refractivity contribution in [1.29, 1.82) is 0 Å². The van der Waals surface area contributed by atoms with Gasteiger partial charge in [0.15, 0.2) is 0 Å². The summed E-state index contributed by atoms with van der Waals surface area (Å²) in [6.45, 7) is 6.39. The average Bonchev–Trinajstić information content (AvgIpc) is 2.94. The van der Waals surface area contributed by atoms with Crippen LogP contribution in [-0.4, -0.2) is 25.0 Å². The van der Waals surface area contributed by atoms with Crippen LogP contribution in [0, 0.1) is 0 Å². The number of amides is 2. The van der Waals surface area contributed by atoms with Crippen LogP contribution in [0.15, 0.2) is 12.1 Å². The molecule has 1 aliphatic rings. The van der Waals surface area contributed by atoms with Crippen molar-refractivity contribution in [3.63, 3.8) is 0 Å². The molecule has 0 spiro atoms. The van der Waals surface area contributed by atoms with Crippen LogP contribution in [0.3, 0.4) is 0 Å². The number of carbonyl (C=O) groups excluding carboxylic acids is 2. The number of fused-ring (bicyclic) bond motifs is 3. The Bertz CT molecular complexity index is 873. The first-order valence-electron chi connectivity index (χ1n) is 8.62. The van der Waals surface area contributed by atoms with Crippen LogP contribution in [0.2, 0.25) is 0 Å². The number of hydrogen-bond acceptors (Lipinski definition) is 5. The highest BCUT2D eigenvalue weighted by molar-refractivity contribution is 7.20. The number of rotatable bonds is 6. The van der Waals surface area contributed by atoms with Crippen molar-refractivity contribution < 1.29 is 19.1 Å². The quantitative estimate of drug-likeness (QED) is 0.811. The highest BCUT2D eigenvalue weighted by atomic mass is 32.1. The van der Waals surface area contributed by atoms with Gasteiger partial charge in [-0.2, -0.15) is 0 Å². The normalized spacial score (nSPS) is 12.1. The van der Waals surface area contributed by atoms with Crippen LogP contribution in [0.5, 0.6) is 11.5 Å². The fraction of sp³-hybridized carbons (Fsp3) is 0.368. The predicted octanol–water partition coefficient (Wildman–Crippen LogP) is 3.37. The molecule has 0 aliphatic heterocycles. The van der Waals surface area contributed by atoms with Gasteiger partial charge in [0.25, 0.3) is 5.91 Å². The lowest BCUT2D eigenvalue weighted by atomic mass is 9.88. The number of ether oxygens (including phenoxy) is 2. The number of nitrogens with two attached hydrogens (primary N) is 1. The largest absolute Gasteiger partial charge is 0.494 e. The van der Waals surface area contributed by atoms with Crippen molar-refractivity contribution in [3.05, 3.63) is 28.8 Å². The van der Waals surface area contributed by atoms with E-state index in [1.165, 1.54) is 18.3 Å². The topological polar surface area (TPSA) is 90.7 Å². The Morgan fingerprint density at radius 1 is 1.12 bits per heavy atom. The zero-order chi connectivity index (χ0) is 18.8. The third-order valence-electron chi connectivity index (χ3n) is 4.23. The smallest absolute Gasteiger partial charge is 0.252 e. The maximum atomic E-state index is 12.1. The standard InChI is InChI=1S/C19H22N2O4S/c1-4-24-13-8-9-14(25-5-2)15-11(13)6-7-12-16(18(20)23)19(21-10(3)22)26-17(12)15/h8-9H,4-7H2,1-3H3,(H2,20,23)(H,21,22). The van der Waals surface area contributed by atoms with Gasteiger partial charge in [-0.3, -0.25) is 9.59 Å². The molecule has 2 aromatic rings. The molecule has 0 atom stereocenters. The molecule has 138 valence electrons. The van der Waals surface area contributed by atoms with Gasteiger partial charge in [0.1, 0.15) is 16.5 Å². The van der Waals surface area contributed by atoms with Crippen molar-refractivity contribution in [3.8, 4) is 21.9 Å². The first-order chi connectivity index (χ1) is 12.5. The van der Waals surface area contributed by atoms with Gasteiger partial charge >= 0.3 is 0 Å². The number of thiophene rings is 1. The Balaban J connectivity index is 2.25. The summed E-state index contributed by atoms with van der Waals surface area (Å²) in [5.74, 6) is 0.804. The Labute approximate surface area is 156 Å². The molecule has 0 fully saturated rings. The molecule has 1 aromatic carbocycles. The molecule has 0 bridgehead atoms. The molecule has 26 heavy (non-hydrogen) atoms. The zero-order valence-corrected chi connectivity index (χ0v) is 15.9. The maximum Gasteiger partial charge on any atom is 0.252 e. The van der Waals surface area contributed by atoms with Crippen LogP contribution in [0.4, 0.5) is 5.00 Å². The number of hydrogen-bond donors (Lipinski definition) is 2. The Hall–Kier alpha value is -2.54. The fourth-order valence-electron chi connectivity index (χ4n) is 3.34. The van der Waals surface area contributed by atoms with E-state index in [0.29, 0.717) is 30.2 Å². The molecule has 3 rings (SSSR count). The SMILES string of the molecule is CCOc1ccc(OCC)c2c1CCc1c-2sc(NC(C)=O)c1C(N)=O. The second kappa shape index (κ2) is 7.37. The lowest BCUT2D eigenvalue weighted by Crippen LogP contribution is -2.17.